The molecule has 1 saturated heterocycles. The second-order valence-corrected chi connectivity index (χ2v) is 7.74. The summed E-state index contributed by atoms with van der Waals surface area (Å²) in [6, 6.07) is 8.65. The Labute approximate surface area is 145 Å². The van der Waals surface area contributed by atoms with Crippen molar-refractivity contribution in [3.63, 3.8) is 0 Å². The van der Waals surface area contributed by atoms with Crippen molar-refractivity contribution in [3.8, 4) is 0 Å². The van der Waals surface area contributed by atoms with Crippen LogP contribution in [0.4, 0.5) is 0 Å². The Morgan fingerprint density at radius 3 is 2.86 bits per heavy atom. The first-order valence-electron chi connectivity index (χ1n) is 8.12. The third kappa shape index (κ3) is 2.13. The van der Waals surface area contributed by atoms with Gasteiger partial charge in [-0.25, -0.2) is 0 Å². The molecular weight excluding hydrogens is 358 g/mol. The summed E-state index contributed by atoms with van der Waals surface area (Å²) in [5, 5.41) is 4.55. The molecule has 0 radical (unpaired) electrons. The minimum atomic E-state index is -0.224. The van der Waals surface area contributed by atoms with E-state index in [4.69, 9.17) is 17.2 Å². The third-order valence-corrected chi connectivity index (χ3v) is 6.02. The molecule has 2 aliphatic heterocycles. The first-order chi connectivity index (χ1) is 10.7. The second kappa shape index (κ2) is 5.60. The summed E-state index contributed by atoms with van der Waals surface area (Å²) in [6.45, 7) is 1.91. The van der Waals surface area contributed by atoms with Crippen molar-refractivity contribution < 1.29 is 0 Å². The summed E-state index contributed by atoms with van der Waals surface area (Å²) >= 11 is 9.29. The maximum absolute atomic E-state index is 5.66. The highest BCUT2D eigenvalue weighted by Gasteiger charge is 2.54. The van der Waals surface area contributed by atoms with E-state index in [0.29, 0.717) is 5.92 Å². The largest absolute Gasteiger partial charge is 0.346 e. The molecule has 0 amide bonds. The molecule has 1 aromatic rings. The summed E-state index contributed by atoms with van der Waals surface area (Å²) in [4.78, 5) is 7.16. The molecule has 1 unspecified atom stereocenters. The molecule has 116 valence electrons. The van der Waals surface area contributed by atoms with Gasteiger partial charge >= 0.3 is 0 Å². The van der Waals surface area contributed by atoms with Gasteiger partial charge in [0.1, 0.15) is 11.4 Å². The maximum Gasteiger partial charge on any atom is 0.175 e. The van der Waals surface area contributed by atoms with E-state index in [1.165, 1.54) is 31.2 Å². The smallest absolute Gasteiger partial charge is 0.175 e. The lowest BCUT2D eigenvalue weighted by molar-refractivity contribution is 0.340. The van der Waals surface area contributed by atoms with Crippen LogP contribution < -0.4 is 5.32 Å². The van der Waals surface area contributed by atoms with Crippen molar-refractivity contribution in [2.75, 3.05) is 13.1 Å². The van der Waals surface area contributed by atoms with Gasteiger partial charge in [0, 0.05) is 17.6 Å². The molecule has 0 spiro atoms. The van der Waals surface area contributed by atoms with Gasteiger partial charge in [0.05, 0.1) is 0 Å². The van der Waals surface area contributed by atoms with Gasteiger partial charge in [-0.3, -0.25) is 4.99 Å². The molecule has 1 saturated carbocycles. The molecule has 2 fully saturated rings. The highest BCUT2D eigenvalue weighted by atomic mass is 79.9. The zero-order chi connectivity index (χ0) is 15.2. The van der Waals surface area contributed by atoms with Crippen LogP contribution in [-0.2, 0) is 5.54 Å². The van der Waals surface area contributed by atoms with E-state index in [9.17, 15) is 0 Å². The SMILES string of the molecule is S=C1NC(c2cccc(Br)c2)(C2CCCC2)C2=NCCCN12. The standard InChI is InChI=1S/C17H20BrN3S/c18-14-8-3-7-13(11-14)17(12-5-1-2-6-12)15-19-9-4-10-21(15)16(22)20-17/h3,7-8,11-12H,1-2,4-6,9-10H2,(H,20,22). The van der Waals surface area contributed by atoms with Crippen molar-refractivity contribution in [2.24, 2.45) is 10.9 Å². The number of rotatable bonds is 2. The molecular formula is C17H20BrN3S. The Bertz CT molecular complexity index is 639. The number of nitrogens with zero attached hydrogens (tertiary/aromatic N) is 2. The van der Waals surface area contributed by atoms with Gasteiger partial charge in [-0.05, 0) is 55.1 Å². The Morgan fingerprint density at radius 2 is 2.09 bits per heavy atom. The Hall–Kier alpha value is -0.940. The maximum atomic E-state index is 5.66. The van der Waals surface area contributed by atoms with Crippen molar-refractivity contribution in [2.45, 2.75) is 37.6 Å². The predicted molar refractivity (Wildman–Crippen MR) is 97.1 cm³/mol. The molecule has 22 heavy (non-hydrogen) atoms. The number of hydrogen-bond donors (Lipinski definition) is 1. The number of amidine groups is 1. The molecule has 4 rings (SSSR count). The number of nitrogens with one attached hydrogen (secondary N) is 1. The van der Waals surface area contributed by atoms with Crippen molar-refractivity contribution in [3.05, 3.63) is 34.3 Å². The van der Waals surface area contributed by atoms with E-state index >= 15 is 0 Å². The molecule has 0 bridgehead atoms. The first-order valence-corrected chi connectivity index (χ1v) is 9.32. The molecule has 3 nitrogen and oxygen atoms in total. The number of thiocarbonyl (C=S) groups is 1. The molecule has 3 aliphatic rings. The normalized spacial score (nSPS) is 28.5. The number of aliphatic imine (C=N–C) groups is 1. The summed E-state index contributed by atoms with van der Waals surface area (Å²) in [7, 11) is 0. The van der Waals surface area contributed by atoms with Crippen molar-refractivity contribution >= 4 is 39.1 Å². The van der Waals surface area contributed by atoms with Gasteiger partial charge in [0.15, 0.2) is 5.11 Å². The van der Waals surface area contributed by atoms with Gasteiger partial charge in [0.2, 0.25) is 0 Å². The monoisotopic (exact) mass is 377 g/mol. The molecule has 1 N–H and O–H groups in total. The lowest BCUT2D eigenvalue weighted by Gasteiger charge is -2.37. The number of benzene rings is 1. The minimum Gasteiger partial charge on any atom is -0.346 e. The van der Waals surface area contributed by atoms with Crippen molar-refractivity contribution in [1.82, 2.24) is 10.2 Å². The van der Waals surface area contributed by atoms with Crippen LogP contribution in [0.1, 0.15) is 37.7 Å². The van der Waals surface area contributed by atoms with Crippen LogP contribution >= 0.6 is 28.1 Å². The minimum absolute atomic E-state index is 0.224. The average molecular weight is 378 g/mol. The predicted octanol–water partition coefficient (Wildman–Crippen LogP) is 3.83. The topological polar surface area (TPSA) is 27.6 Å². The quantitative estimate of drug-likeness (QED) is 0.793. The molecule has 1 aromatic carbocycles. The molecule has 5 heteroatoms. The molecule has 1 aliphatic carbocycles. The number of hydrogen-bond acceptors (Lipinski definition) is 2. The Balaban J connectivity index is 1.89. The van der Waals surface area contributed by atoms with Crippen molar-refractivity contribution in [1.29, 1.82) is 0 Å². The zero-order valence-electron chi connectivity index (χ0n) is 12.5. The highest BCUT2D eigenvalue weighted by Crippen LogP contribution is 2.46. The van der Waals surface area contributed by atoms with Crippen LogP contribution in [0.25, 0.3) is 0 Å². The lowest BCUT2D eigenvalue weighted by atomic mass is 9.76. The molecule has 1 atom stereocenters. The van der Waals surface area contributed by atoms with E-state index in [1.54, 1.807) is 0 Å². The molecule has 0 aromatic heterocycles. The average Bonchev–Trinajstić information content (AvgIpc) is 3.15. The van der Waals surface area contributed by atoms with E-state index in [0.717, 1.165) is 34.9 Å². The van der Waals surface area contributed by atoms with Gasteiger partial charge in [-0.15, -0.1) is 0 Å². The summed E-state index contributed by atoms with van der Waals surface area (Å²) in [5.74, 6) is 1.73. The van der Waals surface area contributed by atoms with E-state index < -0.39 is 0 Å². The molecule has 2 heterocycles. The number of halogens is 1. The van der Waals surface area contributed by atoms with Gasteiger partial charge < -0.3 is 10.2 Å². The fourth-order valence-corrected chi connectivity index (χ4v) is 4.98. The van der Waals surface area contributed by atoms with Crippen LogP contribution in [0, 0.1) is 5.92 Å². The van der Waals surface area contributed by atoms with Gasteiger partial charge in [-0.1, -0.05) is 40.9 Å². The summed E-state index contributed by atoms with van der Waals surface area (Å²) in [6.07, 6.45) is 6.19. The van der Waals surface area contributed by atoms with Gasteiger partial charge in [-0.2, -0.15) is 0 Å². The van der Waals surface area contributed by atoms with E-state index in [2.05, 4.69) is 50.4 Å². The van der Waals surface area contributed by atoms with Crippen LogP contribution in [0.15, 0.2) is 33.7 Å². The second-order valence-electron chi connectivity index (χ2n) is 6.44. The Morgan fingerprint density at radius 1 is 1.27 bits per heavy atom. The third-order valence-electron chi connectivity index (χ3n) is 5.21. The Kier molecular flexibility index (Phi) is 3.73. The summed E-state index contributed by atoms with van der Waals surface area (Å²) in [5.41, 5.74) is 1.07. The lowest BCUT2D eigenvalue weighted by Crippen LogP contribution is -2.50. The van der Waals surface area contributed by atoms with Gasteiger partial charge in [0.25, 0.3) is 0 Å². The van der Waals surface area contributed by atoms with Crippen LogP contribution in [-0.4, -0.2) is 28.9 Å². The highest BCUT2D eigenvalue weighted by molar-refractivity contribution is 9.10. The fourth-order valence-electron chi connectivity index (χ4n) is 4.25. The zero-order valence-corrected chi connectivity index (χ0v) is 14.9. The van der Waals surface area contributed by atoms with E-state index in [-0.39, 0.29) is 5.54 Å². The van der Waals surface area contributed by atoms with Crippen LogP contribution in [0.5, 0.6) is 0 Å². The summed E-state index contributed by atoms with van der Waals surface area (Å²) < 4.78 is 1.12. The first kappa shape index (κ1) is 14.6. The fraction of sp³-hybridized carbons (Fsp3) is 0.529. The van der Waals surface area contributed by atoms with E-state index in [1.807, 2.05) is 0 Å². The van der Waals surface area contributed by atoms with Crippen LogP contribution in [0.2, 0.25) is 0 Å². The number of fused-ring (bicyclic) bond motifs is 1. The van der Waals surface area contributed by atoms with Crippen LogP contribution in [0.3, 0.4) is 0 Å².